The third-order valence-corrected chi connectivity index (χ3v) is 3.20. The van der Waals surface area contributed by atoms with Crippen molar-refractivity contribution in [3.8, 4) is 0 Å². The molecule has 0 atom stereocenters. The van der Waals surface area contributed by atoms with Gasteiger partial charge in [-0.3, -0.25) is 0 Å². The molecule has 0 fully saturated rings. The molecule has 0 aliphatic rings. The Bertz CT molecular complexity index is 395. The first-order valence-corrected chi connectivity index (χ1v) is 6.36. The standard InChI is InChI=1S/C14H22N2O2/c1-9(2)11(10(3)4)8-15-13-7-5-6-12(16-13)14(17)18/h5-7,9-11H,8H2,1-4H3,(H,15,16)(H,17,18). The molecule has 1 aromatic rings. The van der Waals surface area contributed by atoms with Crippen LogP contribution in [0.2, 0.25) is 0 Å². The lowest BCUT2D eigenvalue weighted by Gasteiger charge is -2.25. The summed E-state index contributed by atoms with van der Waals surface area (Å²) in [6.07, 6.45) is 0. The van der Waals surface area contributed by atoms with E-state index in [0.717, 1.165) is 6.54 Å². The maximum absolute atomic E-state index is 10.8. The number of carboxylic acid groups (broad SMARTS) is 1. The Labute approximate surface area is 108 Å². The molecule has 1 rings (SSSR count). The van der Waals surface area contributed by atoms with Gasteiger partial charge < -0.3 is 10.4 Å². The number of hydrogen-bond acceptors (Lipinski definition) is 3. The van der Waals surface area contributed by atoms with Crippen LogP contribution in [0.5, 0.6) is 0 Å². The number of pyridine rings is 1. The monoisotopic (exact) mass is 250 g/mol. The third-order valence-electron chi connectivity index (χ3n) is 3.20. The van der Waals surface area contributed by atoms with Gasteiger partial charge in [0.15, 0.2) is 5.69 Å². The Hall–Kier alpha value is -1.58. The molecule has 1 heterocycles. The maximum atomic E-state index is 10.8. The highest BCUT2D eigenvalue weighted by Gasteiger charge is 2.17. The number of aromatic carboxylic acids is 1. The van der Waals surface area contributed by atoms with E-state index in [1.807, 2.05) is 0 Å². The Morgan fingerprint density at radius 2 is 1.89 bits per heavy atom. The Balaban J connectivity index is 2.67. The van der Waals surface area contributed by atoms with E-state index in [1.165, 1.54) is 6.07 Å². The number of hydrogen-bond donors (Lipinski definition) is 2. The highest BCUT2D eigenvalue weighted by molar-refractivity contribution is 5.85. The summed E-state index contributed by atoms with van der Waals surface area (Å²) in [6, 6.07) is 5.00. The second-order valence-corrected chi connectivity index (χ2v) is 5.25. The molecule has 0 saturated carbocycles. The molecule has 0 unspecified atom stereocenters. The molecule has 1 aromatic heterocycles. The zero-order valence-electron chi connectivity index (χ0n) is 11.5. The molecule has 4 nitrogen and oxygen atoms in total. The number of nitrogens with one attached hydrogen (secondary N) is 1. The summed E-state index contributed by atoms with van der Waals surface area (Å²) >= 11 is 0. The fourth-order valence-corrected chi connectivity index (χ4v) is 2.12. The van der Waals surface area contributed by atoms with Crippen molar-refractivity contribution in [2.24, 2.45) is 17.8 Å². The average Bonchev–Trinajstić information content (AvgIpc) is 2.28. The van der Waals surface area contributed by atoms with Gasteiger partial charge in [0.1, 0.15) is 5.82 Å². The predicted molar refractivity (Wildman–Crippen MR) is 72.9 cm³/mol. The second-order valence-electron chi connectivity index (χ2n) is 5.25. The summed E-state index contributed by atoms with van der Waals surface area (Å²) in [5, 5.41) is 12.1. The van der Waals surface area contributed by atoms with Crippen LogP contribution in [0.4, 0.5) is 5.82 Å². The molecule has 0 aliphatic carbocycles. The van der Waals surface area contributed by atoms with Gasteiger partial charge in [-0.2, -0.15) is 0 Å². The number of aromatic nitrogens is 1. The smallest absolute Gasteiger partial charge is 0.354 e. The van der Waals surface area contributed by atoms with E-state index in [1.54, 1.807) is 12.1 Å². The molecule has 0 aromatic carbocycles. The van der Waals surface area contributed by atoms with Crippen molar-refractivity contribution in [2.45, 2.75) is 27.7 Å². The molecule has 0 amide bonds. The van der Waals surface area contributed by atoms with E-state index in [0.29, 0.717) is 23.6 Å². The lowest BCUT2D eigenvalue weighted by molar-refractivity contribution is 0.0690. The van der Waals surface area contributed by atoms with Gasteiger partial charge in [0.25, 0.3) is 0 Å². The summed E-state index contributed by atoms with van der Waals surface area (Å²) in [5.74, 6) is 1.34. The maximum Gasteiger partial charge on any atom is 0.354 e. The summed E-state index contributed by atoms with van der Waals surface area (Å²) in [4.78, 5) is 14.9. The van der Waals surface area contributed by atoms with Gasteiger partial charge in [0.2, 0.25) is 0 Å². The molecule has 0 aliphatic heterocycles. The van der Waals surface area contributed by atoms with Gasteiger partial charge in [-0.05, 0) is 29.9 Å². The number of rotatable bonds is 6. The lowest BCUT2D eigenvalue weighted by atomic mass is 9.85. The molecule has 0 saturated heterocycles. The van der Waals surface area contributed by atoms with E-state index < -0.39 is 5.97 Å². The summed E-state index contributed by atoms with van der Waals surface area (Å²) in [6.45, 7) is 9.62. The minimum atomic E-state index is -0.997. The zero-order valence-corrected chi connectivity index (χ0v) is 11.5. The zero-order chi connectivity index (χ0) is 13.7. The molecular weight excluding hydrogens is 228 g/mol. The molecule has 0 spiro atoms. The number of anilines is 1. The van der Waals surface area contributed by atoms with Crippen LogP contribution in [-0.2, 0) is 0 Å². The first-order chi connectivity index (χ1) is 8.41. The summed E-state index contributed by atoms with van der Waals surface area (Å²) in [5.41, 5.74) is 0.0747. The van der Waals surface area contributed by atoms with E-state index in [9.17, 15) is 4.79 Å². The van der Waals surface area contributed by atoms with Crippen molar-refractivity contribution in [1.82, 2.24) is 4.98 Å². The van der Waals surface area contributed by atoms with Crippen LogP contribution >= 0.6 is 0 Å². The SMILES string of the molecule is CC(C)C(CNc1cccc(C(=O)O)n1)C(C)C. The van der Waals surface area contributed by atoms with Gasteiger partial charge in [-0.15, -0.1) is 0 Å². The van der Waals surface area contributed by atoms with Gasteiger partial charge in [-0.25, -0.2) is 9.78 Å². The molecule has 100 valence electrons. The van der Waals surface area contributed by atoms with Crippen molar-refractivity contribution >= 4 is 11.8 Å². The van der Waals surface area contributed by atoms with Crippen molar-refractivity contribution < 1.29 is 9.90 Å². The quantitative estimate of drug-likeness (QED) is 0.814. The molecule has 0 bridgehead atoms. The first-order valence-electron chi connectivity index (χ1n) is 6.36. The van der Waals surface area contributed by atoms with Gasteiger partial charge in [0, 0.05) is 6.54 Å². The van der Waals surface area contributed by atoms with Crippen molar-refractivity contribution in [3.63, 3.8) is 0 Å². The lowest BCUT2D eigenvalue weighted by Crippen LogP contribution is -2.25. The third kappa shape index (κ3) is 4.02. The van der Waals surface area contributed by atoms with Crippen molar-refractivity contribution in [2.75, 3.05) is 11.9 Å². The largest absolute Gasteiger partial charge is 0.477 e. The fourth-order valence-electron chi connectivity index (χ4n) is 2.12. The average molecular weight is 250 g/mol. The van der Waals surface area contributed by atoms with Crippen molar-refractivity contribution in [3.05, 3.63) is 23.9 Å². The van der Waals surface area contributed by atoms with Crippen LogP contribution in [-0.4, -0.2) is 22.6 Å². The van der Waals surface area contributed by atoms with E-state index in [2.05, 4.69) is 38.0 Å². The van der Waals surface area contributed by atoms with Crippen LogP contribution in [0.1, 0.15) is 38.2 Å². The predicted octanol–water partition coefficient (Wildman–Crippen LogP) is 3.12. The molecular formula is C14H22N2O2. The second kappa shape index (κ2) is 6.38. The molecule has 4 heteroatoms. The normalized spacial score (nSPS) is 11.3. The van der Waals surface area contributed by atoms with Gasteiger partial charge in [0.05, 0.1) is 0 Å². The van der Waals surface area contributed by atoms with Crippen LogP contribution in [0.15, 0.2) is 18.2 Å². The van der Waals surface area contributed by atoms with Crippen LogP contribution < -0.4 is 5.32 Å². The topological polar surface area (TPSA) is 62.2 Å². The van der Waals surface area contributed by atoms with Crippen LogP contribution in [0.3, 0.4) is 0 Å². The fraction of sp³-hybridized carbons (Fsp3) is 0.571. The number of nitrogens with zero attached hydrogens (tertiary/aromatic N) is 1. The van der Waals surface area contributed by atoms with Crippen LogP contribution in [0.25, 0.3) is 0 Å². The van der Waals surface area contributed by atoms with E-state index >= 15 is 0 Å². The summed E-state index contributed by atoms with van der Waals surface area (Å²) < 4.78 is 0. The minimum Gasteiger partial charge on any atom is -0.477 e. The Morgan fingerprint density at radius 1 is 1.28 bits per heavy atom. The molecule has 2 N–H and O–H groups in total. The van der Waals surface area contributed by atoms with E-state index in [-0.39, 0.29) is 5.69 Å². The van der Waals surface area contributed by atoms with Gasteiger partial charge in [-0.1, -0.05) is 33.8 Å². The first kappa shape index (κ1) is 14.5. The number of carbonyl (C=O) groups is 1. The molecule has 0 radical (unpaired) electrons. The van der Waals surface area contributed by atoms with Crippen LogP contribution in [0, 0.1) is 17.8 Å². The van der Waals surface area contributed by atoms with E-state index in [4.69, 9.17) is 5.11 Å². The Kier molecular flexibility index (Phi) is 5.13. The highest BCUT2D eigenvalue weighted by atomic mass is 16.4. The van der Waals surface area contributed by atoms with Crippen molar-refractivity contribution in [1.29, 1.82) is 0 Å². The highest BCUT2D eigenvalue weighted by Crippen LogP contribution is 2.20. The van der Waals surface area contributed by atoms with Gasteiger partial charge >= 0.3 is 5.97 Å². The molecule has 18 heavy (non-hydrogen) atoms. The Morgan fingerprint density at radius 3 is 2.39 bits per heavy atom. The number of carboxylic acids is 1. The summed E-state index contributed by atoms with van der Waals surface area (Å²) in [7, 11) is 0. The minimum absolute atomic E-state index is 0.0747.